The predicted molar refractivity (Wildman–Crippen MR) is 93.6 cm³/mol. The lowest BCUT2D eigenvalue weighted by Gasteiger charge is -2.23. The number of hydrogen-bond acceptors (Lipinski definition) is 4. The molecule has 0 aliphatic heterocycles. The second kappa shape index (κ2) is 7.13. The lowest BCUT2D eigenvalue weighted by Crippen LogP contribution is -2.40. The molecule has 2 aromatic rings. The largest absolute Gasteiger partial charge is 0.511 e. The van der Waals surface area contributed by atoms with E-state index < -0.39 is 26.8 Å². The molecule has 2 aromatic carbocycles. The zero-order valence-corrected chi connectivity index (χ0v) is 15.3. The Hall–Kier alpha value is -1.71. The highest BCUT2D eigenvalue weighted by atomic mass is 32.2. The van der Waals surface area contributed by atoms with Gasteiger partial charge in [0.1, 0.15) is 5.75 Å². The Morgan fingerprint density at radius 2 is 1.77 bits per heavy atom. The Balaban J connectivity index is 1.94. The summed E-state index contributed by atoms with van der Waals surface area (Å²) in [5.74, 6) is 0.589. The molecule has 0 fully saturated rings. The molecular weight excluding hydrogens is 387 g/mol. The first kappa shape index (κ1) is 19.1. The van der Waals surface area contributed by atoms with Gasteiger partial charge in [0.25, 0.3) is 0 Å². The first-order valence-corrected chi connectivity index (χ1v) is 10.1. The molecule has 0 heterocycles. The average molecular weight is 403 g/mol. The van der Waals surface area contributed by atoms with Crippen molar-refractivity contribution >= 4 is 21.8 Å². The van der Waals surface area contributed by atoms with Crippen LogP contribution in [0.4, 0.5) is 13.2 Å². The van der Waals surface area contributed by atoms with Crippen molar-refractivity contribution in [3.05, 3.63) is 59.7 Å². The molecule has 3 rings (SSSR count). The average Bonchev–Trinajstić information content (AvgIpc) is 2.91. The summed E-state index contributed by atoms with van der Waals surface area (Å²) in [6.07, 6.45) is 0.448. The summed E-state index contributed by atoms with van der Waals surface area (Å²) in [5, 5.41) is -0.430. The molecule has 9 heteroatoms. The van der Waals surface area contributed by atoms with Crippen LogP contribution in [0.3, 0.4) is 0 Å². The molecule has 0 saturated carbocycles. The maximum absolute atomic E-state index is 12.9. The second-order valence-electron chi connectivity index (χ2n) is 5.75. The normalized spacial score (nSPS) is 20.0. The Kier molecular flexibility index (Phi) is 5.23. The fourth-order valence-corrected chi connectivity index (χ4v) is 5.13. The van der Waals surface area contributed by atoms with E-state index in [-0.39, 0.29) is 0 Å². The molecule has 0 radical (unpaired) electrons. The molecule has 140 valence electrons. The summed E-state index contributed by atoms with van der Waals surface area (Å²) in [5.41, 5.74) is -3.97. The number of alkyl halides is 3. The number of rotatable bonds is 5. The number of nitrogens with one attached hydrogen (secondary N) is 1. The Labute approximate surface area is 153 Å². The van der Waals surface area contributed by atoms with Gasteiger partial charge in [-0.25, -0.2) is 8.42 Å². The standard InChI is InChI=1S/C17H16F3NO3S2/c1-24-13-8-4-5-9-14(13)25-15-10-11-6-2-3-7-12(11)16(15)21-26(22,23)17(18,19)20/h2-9,15-16,21H,10H2,1H3/t15-,16-/m0/s1. The number of methoxy groups -OCH3 is 1. The minimum atomic E-state index is -5.46. The van der Waals surface area contributed by atoms with Gasteiger partial charge < -0.3 is 4.74 Å². The van der Waals surface area contributed by atoms with Crippen LogP contribution in [0, 0.1) is 0 Å². The molecule has 0 unspecified atom stereocenters. The van der Waals surface area contributed by atoms with E-state index in [1.165, 1.54) is 18.9 Å². The van der Waals surface area contributed by atoms with Gasteiger partial charge in [0.15, 0.2) is 0 Å². The quantitative estimate of drug-likeness (QED) is 0.823. The maximum Gasteiger partial charge on any atom is 0.511 e. The summed E-state index contributed by atoms with van der Waals surface area (Å²) >= 11 is 1.30. The predicted octanol–water partition coefficient (Wildman–Crippen LogP) is 3.89. The number of ether oxygens (including phenoxy) is 1. The number of para-hydroxylation sites is 1. The van der Waals surface area contributed by atoms with E-state index >= 15 is 0 Å². The van der Waals surface area contributed by atoms with E-state index in [2.05, 4.69) is 0 Å². The first-order valence-electron chi connectivity index (χ1n) is 7.69. The molecular formula is C17H16F3NO3S2. The van der Waals surface area contributed by atoms with Gasteiger partial charge in [-0.05, 0) is 29.7 Å². The molecule has 26 heavy (non-hydrogen) atoms. The monoisotopic (exact) mass is 403 g/mol. The Morgan fingerprint density at radius 1 is 1.12 bits per heavy atom. The van der Waals surface area contributed by atoms with Gasteiger partial charge in [0.05, 0.1) is 13.2 Å². The van der Waals surface area contributed by atoms with Gasteiger partial charge in [-0.3, -0.25) is 0 Å². The van der Waals surface area contributed by atoms with Crippen molar-refractivity contribution < 1.29 is 26.3 Å². The van der Waals surface area contributed by atoms with Gasteiger partial charge >= 0.3 is 15.5 Å². The molecule has 1 aliphatic carbocycles. The first-order chi connectivity index (χ1) is 12.2. The highest BCUT2D eigenvalue weighted by molar-refractivity contribution is 8.00. The lowest BCUT2D eigenvalue weighted by atomic mass is 10.1. The molecule has 1 aliphatic rings. The zero-order chi connectivity index (χ0) is 18.9. The fourth-order valence-electron chi connectivity index (χ4n) is 2.92. The minimum Gasteiger partial charge on any atom is -0.496 e. The number of halogens is 3. The van der Waals surface area contributed by atoms with Gasteiger partial charge in [-0.2, -0.15) is 17.9 Å². The molecule has 0 amide bonds. The minimum absolute atomic E-state index is 0.430. The molecule has 2 atom stereocenters. The van der Waals surface area contributed by atoms with Crippen molar-refractivity contribution in [1.82, 2.24) is 4.72 Å². The number of thioether (sulfide) groups is 1. The van der Waals surface area contributed by atoms with E-state index in [9.17, 15) is 21.6 Å². The Bertz CT molecular complexity index is 900. The molecule has 0 spiro atoms. The van der Waals surface area contributed by atoms with Gasteiger partial charge in [0, 0.05) is 10.1 Å². The smallest absolute Gasteiger partial charge is 0.496 e. The third kappa shape index (κ3) is 3.70. The molecule has 4 nitrogen and oxygen atoms in total. The number of fused-ring (bicyclic) bond motifs is 1. The highest BCUT2D eigenvalue weighted by Crippen LogP contribution is 2.44. The van der Waals surface area contributed by atoms with Crippen molar-refractivity contribution in [3.63, 3.8) is 0 Å². The highest BCUT2D eigenvalue weighted by Gasteiger charge is 2.49. The second-order valence-corrected chi connectivity index (χ2v) is 8.74. The molecule has 1 N–H and O–H groups in total. The van der Waals surface area contributed by atoms with Crippen LogP contribution in [-0.4, -0.2) is 26.3 Å². The van der Waals surface area contributed by atoms with Gasteiger partial charge in [0.2, 0.25) is 0 Å². The van der Waals surface area contributed by atoms with Crippen molar-refractivity contribution in [3.8, 4) is 5.75 Å². The topological polar surface area (TPSA) is 55.4 Å². The van der Waals surface area contributed by atoms with Crippen LogP contribution in [0.15, 0.2) is 53.4 Å². The maximum atomic E-state index is 12.9. The summed E-state index contributed by atoms with van der Waals surface area (Å²) in [7, 11) is -3.95. The number of hydrogen-bond donors (Lipinski definition) is 1. The lowest BCUT2D eigenvalue weighted by molar-refractivity contribution is -0.0450. The zero-order valence-electron chi connectivity index (χ0n) is 13.7. The van der Waals surface area contributed by atoms with Crippen LogP contribution in [0.25, 0.3) is 0 Å². The number of benzene rings is 2. The van der Waals surface area contributed by atoms with E-state index in [1.54, 1.807) is 48.5 Å². The van der Waals surface area contributed by atoms with Gasteiger partial charge in [-0.1, -0.05) is 36.4 Å². The third-order valence-corrected chi connectivity index (χ3v) is 6.62. The van der Waals surface area contributed by atoms with Gasteiger partial charge in [-0.15, -0.1) is 11.8 Å². The van der Waals surface area contributed by atoms with Crippen LogP contribution < -0.4 is 9.46 Å². The summed E-state index contributed by atoms with van der Waals surface area (Å²) in [4.78, 5) is 0.740. The SMILES string of the molecule is COc1ccccc1S[C@H]1Cc2ccccc2[C@@H]1NS(=O)(=O)C(F)(F)F. The summed E-state index contributed by atoms with van der Waals surface area (Å²) in [6, 6.07) is 13.1. The van der Waals surface area contributed by atoms with Crippen LogP contribution in [0.1, 0.15) is 17.2 Å². The van der Waals surface area contributed by atoms with Crippen LogP contribution in [-0.2, 0) is 16.4 Å². The molecule has 0 bridgehead atoms. The van der Waals surface area contributed by atoms with E-state index in [1.807, 2.05) is 4.72 Å². The van der Waals surface area contributed by atoms with Crippen LogP contribution >= 0.6 is 11.8 Å². The van der Waals surface area contributed by atoms with Crippen LogP contribution in [0.5, 0.6) is 5.75 Å². The van der Waals surface area contributed by atoms with E-state index in [4.69, 9.17) is 4.74 Å². The van der Waals surface area contributed by atoms with Crippen molar-refractivity contribution in [2.75, 3.05) is 7.11 Å². The molecule has 0 saturated heterocycles. The van der Waals surface area contributed by atoms with E-state index in [0.717, 1.165) is 10.5 Å². The summed E-state index contributed by atoms with van der Waals surface area (Å²) < 4.78 is 69.0. The van der Waals surface area contributed by atoms with E-state index in [0.29, 0.717) is 17.7 Å². The number of sulfonamides is 1. The van der Waals surface area contributed by atoms with Crippen molar-refractivity contribution in [2.45, 2.75) is 28.1 Å². The van der Waals surface area contributed by atoms with Crippen molar-refractivity contribution in [1.29, 1.82) is 0 Å². The summed E-state index contributed by atoms with van der Waals surface area (Å²) in [6.45, 7) is 0. The fraction of sp³-hybridized carbons (Fsp3) is 0.294. The van der Waals surface area contributed by atoms with Crippen LogP contribution in [0.2, 0.25) is 0 Å². The Morgan fingerprint density at radius 3 is 2.46 bits per heavy atom. The third-order valence-electron chi connectivity index (χ3n) is 4.12. The van der Waals surface area contributed by atoms with Crippen molar-refractivity contribution in [2.24, 2.45) is 0 Å². The molecule has 0 aromatic heterocycles.